The van der Waals surface area contributed by atoms with E-state index in [1.807, 2.05) is 24.3 Å². The van der Waals surface area contributed by atoms with Crippen LogP contribution in [0.15, 0.2) is 35.9 Å². The van der Waals surface area contributed by atoms with Crippen LogP contribution >= 0.6 is 12.2 Å². The summed E-state index contributed by atoms with van der Waals surface area (Å²) in [5.74, 6) is 0.426. The fraction of sp³-hybridized carbons (Fsp3) is 0.524. The maximum Gasteiger partial charge on any atom is 0.264 e. The first-order valence-electron chi connectivity index (χ1n) is 9.33. The molecule has 0 fully saturated rings. The minimum Gasteiger partial charge on any atom is -0.484 e. The second kappa shape index (κ2) is 9.72. The van der Waals surface area contributed by atoms with E-state index in [2.05, 4.69) is 37.5 Å². The molecule has 1 aliphatic rings. The van der Waals surface area contributed by atoms with Crippen LogP contribution in [0, 0.1) is 0 Å². The summed E-state index contributed by atoms with van der Waals surface area (Å²) in [7, 11) is 0. The van der Waals surface area contributed by atoms with Gasteiger partial charge in [0.15, 0.2) is 11.7 Å². The number of nitrogens with one attached hydrogen (secondary N) is 2. The van der Waals surface area contributed by atoms with Crippen LogP contribution < -0.4 is 15.4 Å². The fourth-order valence-corrected chi connectivity index (χ4v) is 3.09. The first-order valence-corrected chi connectivity index (χ1v) is 9.74. The third kappa shape index (κ3) is 7.16. The molecule has 0 unspecified atom stereocenters. The summed E-state index contributed by atoms with van der Waals surface area (Å²) in [6.45, 7) is 7.18. The Balaban J connectivity index is 1.66. The SMILES string of the molecule is CC(C)(C)c1ccc(OCC(=O)NC(=S)NCCC2=CCCCC2)cc1. The Morgan fingerprint density at radius 2 is 1.92 bits per heavy atom. The standard InChI is InChI=1S/C21H30N2O2S/c1-21(2,3)17-9-11-18(12-10-17)25-15-19(24)23-20(26)22-14-13-16-7-5-4-6-8-16/h7,9-12H,4-6,8,13-15H2,1-3H3,(H2,22,23,24,26). The van der Waals surface area contributed by atoms with Gasteiger partial charge in [0.1, 0.15) is 5.75 Å². The van der Waals surface area contributed by atoms with Gasteiger partial charge in [-0.15, -0.1) is 0 Å². The number of hydrogen-bond acceptors (Lipinski definition) is 3. The van der Waals surface area contributed by atoms with E-state index in [1.54, 1.807) is 0 Å². The zero-order valence-corrected chi connectivity index (χ0v) is 16.9. The van der Waals surface area contributed by atoms with Crippen molar-refractivity contribution < 1.29 is 9.53 Å². The van der Waals surface area contributed by atoms with E-state index in [0.29, 0.717) is 10.9 Å². The van der Waals surface area contributed by atoms with Crippen molar-refractivity contribution in [3.63, 3.8) is 0 Å². The molecular formula is C21H30N2O2S. The number of carbonyl (C=O) groups excluding carboxylic acids is 1. The lowest BCUT2D eigenvalue weighted by atomic mass is 9.87. The Bertz CT molecular complexity index is 645. The third-order valence-electron chi connectivity index (χ3n) is 4.46. The zero-order valence-electron chi connectivity index (χ0n) is 16.1. The Labute approximate surface area is 162 Å². The van der Waals surface area contributed by atoms with E-state index in [0.717, 1.165) is 13.0 Å². The molecule has 0 aromatic heterocycles. The maximum atomic E-state index is 11.9. The highest BCUT2D eigenvalue weighted by atomic mass is 32.1. The van der Waals surface area contributed by atoms with Crippen LogP contribution in [0.5, 0.6) is 5.75 Å². The Kier molecular flexibility index (Phi) is 7.64. The highest BCUT2D eigenvalue weighted by Crippen LogP contribution is 2.24. The summed E-state index contributed by atoms with van der Waals surface area (Å²) in [6, 6.07) is 7.84. The van der Waals surface area contributed by atoms with Gasteiger partial charge in [-0.05, 0) is 67.4 Å². The Hall–Kier alpha value is -1.88. The molecule has 0 aliphatic heterocycles. The van der Waals surface area contributed by atoms with Crippen molar-refractivity contribution in [1.82, 2.24) is 10.6 Å². The molecule has 0 saturated heterocycles. The van der Waals surface area contributed by atoms with E-state index >= 15 is 0 Å². The molecule has 4 nitrogen and oxygen atoms in total. The van der Waals surface area contributed by atoms with E-state index in [9.17, 15) is 4.79 Å². The van der Waals surface area contributed by atoms with Crippen molar-refractivity contribution >= 4 is 23.2 Å². The first kappa shape index (κ1) is 20.4. The molecule has 0 atom stereocenters. The van der Waals surface area contributed by atoms with Crippen molar-refractivity contribution in [2.45, 2.75) is 58.3 Å². The molecule has 1 amide bonds. The second-order valence-corrected chi connectivity index (χ2v) is 8.13. The number of rotatable bonds is 6. The zero-order chi connectivity index (χ0) is 19.0. The lowest BCUT2D eigenvalue weighted by Crippen LogP contribution is -2.41. The number of amides is 1. The molecular weight excluding hydrogens is 344 g/mol. The van der Waals surface area contributed by atoms with Crippen LogP contribution in [-0.4, -0.2) is 24.2 Å². The summed E-state index contributed by atoms with van der Waals surface area (Å²) in [6.07, 6.45) is 8.25. The summed E-state index contributed by atoms with van der Waals surface area (Å²) in [5, 5.41) is 6.11. The molecule has 1 aromatic carbocycles. The van der Waals surface area contributed by atoms with Crippen molar-refractivity contribution in [2.24, 2.45) is 0 Å². The van der Waals surface area contributed by atoms with Crippen LogP contribution in [0.25, 0.3) is 0 Å². The molecule has 0 radical (unpaired) electrons. The van der Waals surface area contributed by atoms with Gasteiger partial charge < -0.3 is 15.4 Å². The minimum absolute atomic E-state index is 0.0537. The van der Waals surface area contributed by atoms with Crippen LogP contribution in [-0.2, 0) is 10.2 Å². The molecule has 0 spiro atoms. The number of benzene rings is 1. The number of carbonyl (C=O) groups is 1. The predicted molar refractivity (Wildman–Crippen MR) is 111 cm³/mol. The molecule has 5 heteroatoms. The number of hydrogen-bond donors (Lipinski definition) is 2. The smallest absolute Gasteiger partial charge is 0.264 e. The van der Waals surface area contributed by atoms with E-state index in [-0.39, 0.29) is 17.9 Å². The highest BCUT2D eigenvalue weighted by molar-refractivity contribution is 7.80. The minimum atomic E-state index is -0.251. The lowest BCUT2D eigenvalue weighted by Gasteiger charge is -2.19. The molecule has 2 rings (SSSR count). The highest BCUT2D eigenvalue weighted by Gasteiger charge is 2.13. The van der Waals surface area contributed by atoms with Gasteiger partial charge in [0.25, 0.3) is 5.91 Å². The van der Waals surface area contributed by atoms with Gasteiger partial charge in [-0.25, -0.2) is 0 Å². The van der Waals surface area contributed by atoms with Gasteiger partial charge >= 0.3 is 0 Å². The van der Waals surface area contributed by atoms with Gasteiger partial charge in [0, 0.05) is 6.54 Å². The summed E-state index contributed by atoms with van der Waals surface area (Å²) in [5.41, 5.74) is 2.81. The quantitative estimate of drug-likeness (QED) is 0.577. The number of allylic oxidation sites excluding steroid dienone is 1. The predicted octanol–water partition coefficient (Wildman–Crippen LogP) is 4.24. The Morgan fingerprint density at radius 3 is 2.54 bits per heavy atom. The van der Waals surface area contributed by atoms with Crippen molar-refractivity contribution in [3.8, 4) is 5.75 Å². The lowest BCUT2D eigenvalue weighted by molar-refractivity contribution is -0.121. The first-order chi connectivity index (χ1) is 12.3. The van der Waals surface area contributed by atoms with Crippen LogP contribution in [0.4, 0.5) is 0 Å². The third-order valence-corrected chi connectivity index (χ3v) is 4.71. The average Bonchev–Trinajstić information content (AvgIpc) is 2.60. The Morgan fingerprint density at radius 1 is 1.19 bits per heavy atom. The van der Waals surface area contributed by atoms with Gasteiger partial charge in [-0.1, -0.05) is 44.6 Å². The van der Waals surface area contributed by atoms with Gasteiger partial charge in [-0.3, -0.25) is 4.79 Å². The van der Waals surface area contributed by atoms with Crippen molar-refractivity contribution in [3.05, 3.63) is 41.5 Å². The fourth-order valence-electron chi connectivity index (χ4n) is 2.88. The molecule has 0 heterocycles. The van der Waals surface area contributed by atoms with E-state index < -0.39 is 0 Å². The largest absolute Gasteiger partial charge is 0.484 e. The van der Waals surface area contributed by atoms with Gasteiger partial charge in [0.05, 0.1) is 0 Å². The van der Waals surface area contributed by atoms with Crippen molar-refractivity contribution in [1.29, 1.82) is 0 Å². The molecule has 1 aliphatic carbocycles. The van der Waals surface area contributed by atoms with Crippen LogP contribution in [0.1, 0.15) is 58.4 Å². The summed E-state index contributed by atoms with van der Waals surface area (Å²) < 4.78 is 5.53. The number of thiocarbonyl (C=S) groups is 1. The number of ether oxygens (including phenoxy) is 1. The molecule has 2 N–H and O–H groups in total. The van der Waals surface area contributed by atoms with Crippen LogP contribution in [0.3, 0.4) is 0 Å². The molecule has 0 saturated carbocycles. The van der Waals surface area contributed by atoms with Crippen LogP contribution in [0.2, 0.25) is 0 Å². The average molecular weight is 375 g/mol. The second-order valence-electron chi connectivity index (χ2n) is 7.73. The molecule has 142 valence electrons. The summed E-state index contributed by atoms with van der Waals surface area (Å²) in [4.78, 5) is 11.9. The van der Waals surface area contributed by atoms with E-state index in [1.165, 1.54) is 36.8 Å². The molecule has 0 bridgehead atoms. The van der Waals surface area contributed by atoms with Gasteiger partial charge in [-0.2, -0.15) is 0 Å². The normalized spacial score (nSPS) is 14.3. The molecule has 1 aromatic rings. The van der Waals surface area contributed by atoms with E-state index in [4.69, 9.17) is 17.0 Å². The maximum absolute atomic E-state index is 11.9. The molecule has 26 heavy (non-hydrogen) atoms. The summed E-state index contributed by atoms with van der Waals surface area (Å²) >= 11 is 5.17. The topological polar surface area (TPSA) is 50.4 Å². The van der Waals surface area contributed by atoms with Crippen molar-refractivity contribution in [2.75, 3.05) is 13.2 Å². The van der Waals surface area contributed by atoms with Gasteiger partial charge in [0.2, 0.25) is 0 Å². The monoisotopic (exact) mass is 374 g/mol.